The van der Waals surface area contributed by atoms with Crippen molar-refractivity contribution in [2.75, 3.05) is 6.61 Å². The first-order valence-electron chi connectivity index (χ1n) is 8.59. The van der Waals surface area contributed by atoms with E-state index in [0.717, 1.165) is 17.5 Å². The Morgan fingerprint density at radius 2 is 1.92 bits per heavy atom. The first-order chi connectivity index (χ1) is 11.4. The van der Waals surface area contributed by atoms with Gasteiger partial charge in [0.1, 0.15) is 6.04 Å². The maximum atomic E-state index is 12.5. The summed E-state index contributed by atoms with van der Waals surface area (Å²) < 4.78 is 5.68. The lowest BCUT2D eigenvalue weighted by Crippen LogP contribution is -2.48. The molecule has 0 radical (unpaired) electrons. The number of rotatable bonds is 7. The predicted octanol–water partition coefficient (Wildman–Crippen LogP) is 2.87. The highest BCUT2D eigenvalue weighted by atomic mass is 16.5. The van der Waals surface area contributed by atoms with Crippen LogP contribution in [0.15, 0.2) is 24.3 Å². The lowest BCUT2D eigenvalue weighted by Gasteiger charge is -2.34. The molecule has 1 aliphatic rings. The van der Waals surface area contributed by atoms with Crippen LogP contribution in [-0.2, 0) is 27.3 Å². The minimum atomic E-state index is -0.952. The van der Waals surface area contributed by atoms with Gasteiger partial charge in [-0.3, -0.25) is 4.79 Å². The number of ether oxygens (including phenoxy) is 1. The van der Waals surface area contributed by atoms with Gasteiger partial charge in [0.05, 0.1) is 19.1 Å². The standard InChI is InChI=1S/C19H27NO4/c1-13(2)10-14(3)24-9-8-18(21)20-12-16-7-5-4-6-15(16)11-17(20)19(22)23/h4-7,13-14,17H,8-12H2,1-3H3,(H,22,23). The van der Waals surface area contributed by atoms with Gasteiger partial charge in [-0.05, 0) is 30.4 Å². The Morgan fingerprint density at radius 3 is 2.54 bits per heavy atom. The zero-order chi connectivity index (χ0) is 17.7. The summed E-state index contributed by atoms with van der Waals surface area (Å²) in [4.78, 5) is 25.5. The molecule has 0 bridgehead atoms. The van der Waals surface area contributed by atoms with Gasteiger partial charge in [-0.15, -0.1) is 0 Å². The summed E-state index contributed by atoms with van der Waals surface area (Å²) in [5.74, 6) is -0.564. The number of nitrogens with zero attached hydrogens (tertiary/aromatic N) is 1. The number of benzene rings is 1. The van der Waals surface area contributed by atoms with Gasteiger partial charge in [0, 0.05) is 13.0 Å². The minimum absolute atomic E-state index is 0.107. The molecule has 0 aromatic heterocycles. The lowest BCUT2D eigenvalue weighted by atomic mass is 9.93. The molecule has 0 saturated carbocycles. The third-order valence-electron chi connectivity index (χ3n) is 4.38. The van der Waals surface area contributed by atoms with Crippen LogP contribution in [0.5, 0.6) is 0 Å². The van der Waals surface area contributed by atoms with E-state index in [0.29, 0.717) is 25.5 Å². The number of amides is 1. The van der Waals surface area contributed by atoms with E-state index in [2.05, 4.69) is 13.8 Å². The molecule has 0 saturated heterocycles. The molecule has 5 heteroatoms. The zero-order valence-electron chi connectivity index (χ0n) is 14.7. The molecule has 2 atom stereocenters. The smallest absolute Gasteiger partial charge is 0.326 e. The van der Waals surface area contributed by atoms with E-state index in [1.165, 1.54) is 4.90 Å². The average molecular weight is 333 g/mol. The van der Waals surface area contributed by atoms with E-state index in [1.54, 1.807) is 0 Å². The number of fused-ring (bicyclic) bond motifs is 1. The first-order valence-corrected chi connectivity index (χ1v) is 8.59. The van der Waals surface area contributed by atoms with Crippen LogP contribution in [0.2, 0.25) is 0 Å². The van der Waals surface area contributed by atoms with Crippen molar-refractivity contribution in [3.05, 3.63) is 35.4 Å². The molecule has 1 aromatic carbocycles. The number of aliphatic carboxylic acids is 1. The van der Waals surface area contributed by atoms with E-state index >= 15 is 0 Å². The van der Waals surface area contributed by atoms with Gasteiger partial charge in [-0.2, -0.15) is 0 Å². The first kappa shape index (κ1) is 18.5. The van der Waals surface area contributed by atoms with Crippen LogP contribution in [0.4, 0.5) is 0 Å². The summed E-state index contributed by atoms with van der Waals surface area (Å²) in [5, 5.41) is 9.47. The highest BCUT2D eigenvalue weighted by molar-refractivity contribution is 5.84. The molecule has 1 heterocycles. The number of carbonyl (C=O) groups is 2. The van der Waals surface area contributed by atoms with Crippen LogP contribution in [0.25, 0.3) is 0 Å². The third kappa shape index (κ3) is 4.81. The van der Waals surface area contributed by atoms with Crippen LogP contribution < -0.4 is 0 Å². The Kier molecular flexibility index (Phi) is 6.37. The molecular weight excluding hydrogens is 306 g/mol. The fourth-order valence-corrected chi connectivity index (χ4v) is 3.23. The van der Waals surface area contributed by atoms with Gasteiger partial charge >= 0.3 is 5.97 Å². The average Bonchev–Trinajstić information content (AvgIpc) is 2.52. The second kappa shape index (κ2) is 8.29. The summed E-state index contributed by atoms with van der Waals surface area (Å²) in [7, 11) is 0. The summed E-state index contributed by atoms with van der Waals surface area (Å²) in [6.07, 6.45) is 1.63. The van der Waals surface area contributed by atoms with Gasteiger partial charge in [0.15, 0.2) is 0 Å². The normalized spacial score (nSPS) is 18.3. The molecule has 24 heavy (non-hydrogen) atoms. The molecule has 1 amide bonds. The van der Waals surface area contributed by atoms with Crippen molar-refractivity contribution in [1.82, 2.24) is 4.90 Å². The lowest BCUT2D eigenvalue weighted by molar-refractivity contribution is -0.152. The summed E-state index contributed by atoms with van der Waals surface area (Å²) in [6.45, 7) is 6.95. The largest absolute Gasteiger partial charge is 0.480 e. The van der Waals surface area contributed by atoms with Crippen molar-refractivity contribution in [2.45, 2.75) is 58.7 Å². The Bertz CT molecular complexity index is 584. The van der Waals surface area contributed by atoms with Gasteiger partial charge in [-0.25, -0.2) is 4.79 Å². The Morgan fingerprint density at radius 1 is 1.25 bits per heavy atom. The van der Waals surface area contributed by atoms with Gasteiger partial charge in [-0.1, -0.05) is 38.1 Å². The van der Waals surface area contributed by atoms with Gasteiger partial charge in [0.25, 0.3) is 0 Å². The van der Waals surface area contributed by atoms with Crippen molar-refractivity contribution >= 4 is 11.9 Å². The fraction of sp³-hybridized carbons (Fsp3) is 0.579. The second-order valence-corrected chi connectivity index (χ2v) is 6.91. The van der Waals surface area contributed by atoms with Crippen molar-refractivity contribution in [2.24, 2.45) is 5.92 Å². The molecule has 1 N–H and O–H groups in total. The van der Waals surface area contributed by atoms with Crippen LogP contribution in [0.3, 0.4) is 0 Å². The van der Waals surface area contributed by atoms with E-state index in [-0.39, 0.29) is 18.4 Å². The van der Waals surface area contributed by atoms with E-state index < -0.39 is 12.0 Å². The second-order valence-electron chi connectivity index (χ2n) is 6.91. The van der Waals surface area contributed by atoms with Crippen LogP contribution in [0, 0.1) is 5.92 Å². The SMILES string of the molecule is CC(C)CC(C)OCCC(=O)N1Cc2ccccc2CC1C(=O)O. The van der Waals surface area contributed by atoms with Crippen LogP contribution >= 0.6 is 0 Å². The molecule has 132 valence electrons. The van der Waals surface area contributed by atoms with Crippen molar-refractivity contribution in [1.29, 1.82) is 0 Å². The number of hydrogen-bond donors (Lipinski definition) is 1. The van der Waals surface area contributed by atoms with Gasteiger partial charge < -0.3 is 14.7 Å². The quantitative estimate of drug-likeness (QED) is 0.833. The van der Waals surface area contributed by atoms with Crippen LogP contribution in [0.1, 0.15) is 44.7 Å². The number of hydrogen-bond acceptors (Lipinski definition) is 3. The van der Waals surface area contributed by atoms with E-state index in [9.17, 15) is 14.7 Å². The maximum absolute atomic E-state index is 12.5. The molecule has 0 spiro atoms. The highest BCUT2D eigenvalue weighted by Gasteiger charge is 2.34. The predicted molar refractivity (Wildman–Crippen MR) is 91.6 cm³/mol. The third-order valence-corrected chi connectivity index (χ3v) is 4.38. The molecule has 0 fully saturated rings. The number of carboxylic acid groups (broad SMARTS) is 1. The molecule has 2 unspecified atom stereocenters. The molecule has 1 aromatic rings. The number of carbonyl (C=O) groups excluding carboxylic acids is 1. The van der Waals surface area contributed by atoms with Crippen molar-refractivity contribution < 1.29 is 19.4 Å². The topological polar surface area (TPSA) is 66.8 Å². The summed E-state index contributed by atoms with van der Waals surface area (Å²) in [6, 6.07) is 6.91. The van der Waals surface area contributed by atoms with Gasteiger partial charge in [0.2, 0.25) is 5.91 Å². The fourth-order valence-electron chi connectivity index (χ4n) is 3.23. The maximum Gasteiger partial charge on any atom is 0.326 e. The number of carboxylic acids is 1. The Labute approximate surface area is 143 Å². The molecule has 1 aliphatic heterocycles. The van der Waals surface area contributed by atoms with Crippen molar-refractivity contribution in [3.63, 3.8) is 0 Å². The van der Waals surface area contributed by atoms with Crippen LogP contribution in [-0.4, -0.2) is 40.6 Å². The molecule has 5 nitrogen and oxygen atoms in total. The summed E-state index contributed by atoms with van der Waals surface area (Å²) in [5.41, 5.74) is 2.04. The summed E-state index contributed by atoms with van der Waals surface area (Å²) >= 11 is 0. The Balaban J connectivity index is 1.95. The van der Waals surface area contributed by atoms with E-state index in [1.807, 2.05) is 31.2 Å². The highest BCUT2D eigenvalue weighted by Crippen LogP contribution is 2.24. The zero-order valence-corrected chi connectivity index (χ0v) is 14.7. The van der Waals surface area contributed by atoms with Crippen molar-refractivity contribution in [3.8, 4) is 0 Å². The minimum Gasteiger partial charge on any atom is -0.480 e. The monoisotopic (exact) mass is 333 g/mol. The molecule has 0 aliphatic carbocycles. The van der Waals surface area contributed by atoms with E-state index in [4.69, 9.17) is 4.74 Å². The Hall–Kier alpha value is -1.88. The molecular formula is C19H27NO4. The molecule has 2 rings (SSSR count).